The molecule has 0 aromatic heterocycles. The maximum Gasteiger partial charge on any atom is 0.391 e. The van der Waals surface area contributed by atoms with Crippen LogP contribution in [0.2, 0.25) is 5.02 Å². The number of hydrogen-bond acceptors (Lipinski definition) is 1. The molecule has 3 atom stereocenters. The van der Waals surface area contributed by atoms with E-state index in [1.807, 2.05) is 0 Å². The average molecular weight is 293 g/mol. The van der Waals surface area contributed by atoms with Gasteiger partial charge < -0.3 is 5.11 Å². The summed E-state index contributed by atoms with van der Waals surface area (Å²) in [5, 5.41) is 10.8. The fraction of sp³-hybridized carbons (Fsp3) is 0.571. The molecule has 2 rings (SSSR count). The van der Waals surface area contributed by atoms with Crippen LogP contribution in [0.1, 0.15) is 37.4 Å². The van der Waals surface area contributed by atoms with Gasteiger partial charge in [0.2, 0.25) is 0 Å². The number of aliphatic hydroxyl groups is 1. The van der Waals surface area contributed by atoms with Crippen molar-refractivity contribution in [3.05, 3.63) is 34.9 Å². The minimum absolute atomic E-state index is 0.00724. The van der Waals surface area contributed by atoms with Crippen molar-refractivity contribution in [1.82, 2.24) is 0 Å². The highest BCUT2D eigenvalue weighted by Crippen LogP contribution is 2.43. The van der Waals surface area contributed by atoms with Gasteiger partial charge in [-0.05, 0) is 42.9 Å². The molecule has 0 aliphatic heterocycles. The van der Waals surface area contributed by atoms with Crippen molar-refractivity contribution in [3.63, 3.8) is 0 Å². The Labute approximate surface area is 115 Å². The van der Waals surface area contributed by atoms with Crippen molar-refractivity contribution in [2.45, 2.75) is 38.0 Å². The predicted molar refractivity (Wildman–Crippen MR) is 67.9 cm³/mol. The van der Waals surface area contributed by atoms with E-state index >= 15 is 0 Å². The van der Waals surface area contributed by atoms with Crippen LogP contribution < -0.4 is 0 Å². The molecule has 0 bridgehead atoms. The smallest absolute Gasteiger partial charge is 0.388 e. The Kier molecular flexibility index (Phi) is 4.41. The second-order valence-corrected chi connectivity index (χ2v) is 5.60. The first-order valence-electron chi connectivity index (χ1n) is 6.38. The fourth-order valence-electron chi connectivity index (χ4n) is 2.74. The molecule has 106 valence electrons. The zero-order valence-corrected chi connectivity index (χ0v) is 11.1. The third-order valence-corrected chi connectivity index (χ3v) is 4.09. The summed E-state index contributed by atoms with van der Waals surface area (Å²) < 4.78 is 38.2. The van der Waals surface area contributed by atoms with Gasteiger partial charge in [0.1, 0.15) is 0 Å². The standard InChI is InChI=1S/C14H16ClF3O/c15-12-6-4-9(5-7-12)13(19)10-2-1-3-11(8-10)14(16,17)18/h4-7,10-11,13,19H,1-3,8H2. The summed E-state index contributed by atoms with van der Waals surface area (Å²) >= 11 is 5.75. The van der Waals surface area contributed by atoms with Crippen molar-refractivity contribution in [2.24, 2.45) is 11.8 Å². The average Bonchev–Trinajstić information content (AvgIpc) is 2.38. The SMILES string of the molecule is OC(c1ccc(Cl)cc1)C1CCCC(C(F)(F)F)C1. The summed E-state index contributed by atoms with van der Waals surface area (Å²) in [6.45, 7) is 0. The number of alkyl halides is 3. The third-order valence-electron chi connectivity index (χ3n) is 3.84. The number of aliphatic hydroxyl groups excluding tert-OH is 1. The van der Waals surface area contributed by atoms with E-state index in [4.69, 9.17) is 11.6 Å². The van der Waals surface area contributed by atoms with Crippen molar-refractivity contribution in [2.75, 3.05) is 0 Å². The highest BCUT2D eigenvalue weighted by molar-refractivity contribution is 6.30. The van der Waals surface area contributed by atoms with Crippen LogP contribution in [-0.2, 0) is 0 Å². The molecule has 1 saturated carbocycles. The Morgan fingerprint density at radius 2 is 1.79 bits per heavy atom. The Hall–Kier alpha value is -0.740. The molecule has 1 aromatic rings. The Bertz CT molecular complexity index is 416. The molecular formula is C14H16ClF3O. The van der Waals surface area contributed by atoms with Gasteiger partial charge in [-0.15, -0.1) is 0 Å². The zero-order valence-electron chi connectivity index (χ0n) is 10.3. The maximum absolute atomic E-state index is 12.7. The highest BCUT2D eigenvalue weighted by atomic mass is 35.5. The summed E-state index contributed by atoms with van der Waals surface area (Å²) in [5.74, 6) is -1.62. The zero-order chi connectivity index (χ0) is 14.0. The van der Waals surface area contributed by atoms with Crippen molar-refractivity contribution in [1.29, 1.82) is 0 Å². The maximum atomic E-state index is 12.7. The Morgan fingerprint density at radius 3 is 2.37 bits per heavy atom. The molecule has 1 N–H and O–H groups in total. The molecule has 0 saturated heterocycles. The lowest BCUT2D eigenvalue weighted by Gasteiger charge is -2.33. The molecule has 3 unspecified atom stereocenters. The summed E-state index contributed by atoms with van der Waals surface area (Å²) in [5.41, 5.74) is 0.636. The van der Waals surface area contributed by atoms with E-state index in [0.29, 0.717) is 23.4 Å². The quantitative estimate of drug-likeness (QED) is 0.834. The van der Waals surface area contributed by atoms with Gasteiger partial charge in [0.15, 0.2) is 0 Å². The van der Waals surface area contributed by atoms with Crippen LogP contribution in [0.5, 0.6) is 0 Å². The van der Waals surface area contributed by atoms with Crippen LogP contribution in [0, 0.1) is 11.8 Å². The van der Waals surface area contributed by atoms with Gasteiger partial charge in [-0.3, -0.25) is 0 Å². The second kappa shape index (κ2) is 5.71. The van der Waals surface area contributed by atoms with E-state index in [9.17, 15) is 18.3 Å². The van der Waals surface area contributed by atoms with Gasteiger partial charge in [-0.1, -0.05) is 30.2 Å². The molecule has 0 radical (unpaired) electrons. The minimum Gasteiger partial charge on any atom is -0.388 e. The molecule has 5 heteroatoms. The first-order valence-corrected chi connectivity index (χ1v) is 6.76. The van der Waals surface area contributed by atoms with Gasteiger partial charge in [0, 0.05) is 5.02 Å². The van der Waals surface area contributed by atoms with Gasteiger partial charge in [-0.25, -0.2) is 0 Å². The van der Waals surface area contributed by atoms with Gasteiger partial charge in [0.05, 0.1) is 12.0 Å². The molecular weight excluding hydrogens is 277 g/mol. The lowest BCUT2D eigenvalue weighted by atomic mass is 9.77. The predicted octanol–water partition coefficient (Wildman–Crippen LogP) is 4.74. The van der Waals surface area contributed by atoms with Gasteiger partial charge in [-0.2, -0.15) is 13.2 Å². The Balaban J connectivity index is 2.06. The van der Waals surface area contributed by atoms with Gasteiger partial charge >= 0.3 is 6.18 Å². The van der Waals surface area contributed by atoms with Crippen molar-refractivity contribution in [3.8, 4) is 0 Å². The number of hydrogen-bond donors (Lipinski definition) is 1. The lowest BCUT2D eigenvalue weighted by molar-refractivity contribution is -0.189. The van der Waals surface area contributed by atoms with Crippen molar-refractivity contribution >= 4 is 11.6 Å². The summed E-state index contributed by atoms with van der Waals surface area (Å²) in [7, 11) is 0. The van der Waals surface area contributed by atoms with Crippen molar-refractivity contribution < 1.29 is 18.3 Å². The first kappa shape index (κ1) is 14.7. The summed E-state index contributed by atoms with van der Waals surface area (Å²) in [6.07, 6.45) is -3.67. The van der Waals surface area contributed by atoms with E-state index in [2.05, 4.69) is 0 Å². The number of benzene rings is 1. The number of rotatable bonds is 2. The molecule has 1 nitrogen and oxygen atoms in total. The molecule has 1 aliphatic carbocycles. The van der Waals surface area contributed by atoms with E-state index in [1.165, 1.54) is 0 Å². The molecule has 1 fully saturated rings. The van der Waals surface area contributed by atoms with Crippen LogP contribution in [0.4, 0.5) is 13.2 Å². The molecule has 0 spiro atoms. The molecule has 0 amide bonds. The molecule has 0 heterocycles. The summed E-state index contributed by atoms with van der Waals surface area (Å²) in [6, 6.07) is 6.63. The third kappa shape index (κ3) is 3.63. The topological polar surface area (TPSA) is 20.2 Å². The van der Waals surface area contributed by atoms with Crippen LogP contribution >= 0.6 is 11.6 Å². The highest BCUT2D eigenvalue weighted by Gasteiger charge is 2.43. The Morgan fingerprint density at radius 1 is 1.16 bits per heavy atom. The van der Waals surface area contributed by atoms with E-state index in [0.717, 1.165) is 0 Å². The van der Waals surface area contributed by atoms with Crippen LogP contribution in [0.25, 0.3) is 0 Å². The molecule has 1 aliphatic rings. The van der Waals surface area contributed by atoms with Crippen LogP contribution in [0.3, 0.4) is 0 Å². The van der Waals surface area contributed by atoms with Crippen LogP contribution in [0.15, 0.2) is 24.3 Å². The van der Waals surface area contributed by atoms with Gasteiger partial charge in [0.25, 0.3) is 0 Å². The van der Waals surface area contributed by atoms with E-state index < -0.39 is 18.2 Å². The molecule has 19 heavy (non-hydrogen) atoms. The monoisotopic (exact) mass is 292 g/mol. The largest absolute Gasteiger partial charge is 0.391 e. The molecule has 1 aromatic carbocycles. The van der Waals surface area contributed by atoms with E-state index in [-0.39, 0.29) is 18.8 Å². The fourth-order valence-corrected chi connectivity index (χ4v) is 2.87. The lowest BCUT2D eigenvalue weighted by Crippen LogP contribution is -2.31. The van der Waals surface area contributed by atoms with E-state index in [1.54, 1.807) is 24.3 Å². The number of halogens is 4. The second-order valence-electron chi connectivity index (χ2n) is 5.16. The first-order chi connectivity index (χ1) is 8.88. The van der Waals surface area contributed by atoms with Crippen LogP contribution in [-0.4, -0.2) is 11.3 Å². The minimum atomic E-state index is -4.15. The summed E-state index contributed by atoms with van der Waals surface area (Å²) in [4.78, 5) is 0. The normalized spacial score (nSPS) is 26.2.